The Kier molecular flexibility index (Phi) is 5.46. The molecule has 4 aliphatic carbocycles. The van der Waals surface area contributed by atoms with E-state index in [1.807, 2.05) is 31.2 Å². The molecule has 0 aliphatic heterocycles. The number of rotatable bonds is 7. The van der Waals surface area contributed by atoms with Crippen LogP contribution in [0.3, 0.4) is 0 Å². The first-order chi connectivity index (χ1) is 13.5. The van der Waals surface area contributed by atoms with Gasteiger partial charge in [0.05, 0.1) is 6.61 Å². The van der Waals surface area contributed by atoms with E-state index < -0.39 is 0 Å². The van der Waals surface area contributed by atoms with Crippen LogP contribution in [-0.2, 0) is 16.1 Å². The zero-order chi connectivity index (χ0) is 19.7. The van der Waals surface area contributed by atoms with Crippen LogP contribution in [-0.4, -0.2) is 31.6 Å². The molecule has 0 radical (unpaired) electrons. The van der Waals surface area contributed by atoms with Gasteiger partial charge >= 0.3 is 0 Å². The molecule has 5 heteroatoms. The van der Waals surface area contributed by atoms with Gasteiger partial charge < -0.3 is 15.4 Å². The summed E-state index contributed by atoms with van der Waals surface area (Å²) in [5, 5.41) is 6.11. The molecule has 5 nitrogen and oxygen atoms in total. The normalized spacial score (nSPS) is 31.4. The van der Waals surface area contributed by atoms with Gasteiger partial charge in [-0.3, -0.25) is 9.59 Å². The largest absolute Gasteiger partial charge is 0.383 e. The minimum absolute atomic E-state index is 0.0308. The first-order valence-corrected chi connectivity index (χ1v) is 10.6. The highest BCUT2D eigenvalue weighted by atomic mass is 16.5. The molecule has 4 saturated carbocycles. The quantitative estimate of drug-likeness (QED) is 0.758. The third kappa shape index (κ3) is 3.95. The highest BCUT2D eigenvalue weighted by Crippen LogP contribution is 2.60. The van der Waals surface area contributed by atoms with Crippen molar-refractivity contribution in [2.75, 3.05) is 13.7 Å². The van der Waals surface area contributed by atoms with Gasteiger partial charge in [0.25, 0.3) is 5.91 Å². The molecule has 4 bridgehead atoms. The summed E-state index contributed by atoms with van der Waals surface area (Å²) in [6.07, 6.45) is 7.30. The monoisotopic (exact) mass is 384 g/mol. The van der Waals surface area contributed by atoms with E-state index in [1.165, 1.54) is 19.3 Å². The van der Waals surface area contributed by atoms with Gasteiger partial charge in [-0.1, -0.05) is 12.1 Å². The SMILES string of the molecule is COC[C@H](C)NC(=O)c1ccc(CNC(=O)C23CC4CC(CC(C4)C2)C3)cc1. The van der Waals surface area contributed by atoms with Crippen LogP contribution in [0.4, 0.5) is 0 Å². The molecule has 1 aromatic carbocycles. The molecule has 4 fully saturated rings. The minimum Gasteiger partial charge on any atom is -0.383 e. The summed E-state index contributed by atoms with van der Waals surface area (Å²) in [6, 6.07) is 7.46. The van der Waals surface area contributed by atoms with E-state index in [1.54, 1.807) is 7.11 Å². The number of hydrogen-bond acceptors (Lipinski definition) is 3. The number of ether oxygens (including phenoxy) is 1. The number of amides is 2. The van der Waals surface area contributed by atoms with Crippen molar-refractivity contribution in [1.82, 2.24) is 10.6 Å². The summed E-state index contributed by atoms with van der Waals surface area (Å²) < 4.78 is 5.05. The highest BCUT2D eigenvalue weighted by molar-refractivity contribution is 5.94. The lowest BCUT2D eigenvalue weighted by Crippen LogP contribution is -2.53. The number of nitrogens with one attached hydrogen (secondary N) is 2. The lowest BCUT2D eigenvalue weighted by atomic mass is 9.49. The Balaban J connectivity index is 1.32. The molecule has 0 unspecified atom stereocenters. The smallest absolute Gasteiger partial charge is 0.251 e. The average molecular weight is 385 g/mol. The molecule has 0 spiro atoms. The fourth-order valence-electron chi connectivity index (χ4n) is 6.13. The Morgan fingerprint density at radius 3 is 2.18 bits per heavy atom. The maximum Gasteiger partial charge on any atom is 0.251 e. The lowest BCUT2D eigenvalue weighted by Gasteiger charge is -2.55. The number of carbonyl (C=O) groups is 2. The maximum absolute atomic E-state index is 13.0. The third-order valence-corrected chi connectivity index (χ3v) is 6.98. The van der Waals surface area contributed by atoms with E-state index in [0.717, 1.165) is 42.6 Å². The van der Waals surface area contributed by atoms with Crippen LogP contribution in [0.1, 0.15) is 61.4 Å². The van der Waals surface area contributed by atoms with Crippen LogP contribution in [0.25, 0.3) is 0 Å². The Morgan fingerprint density at radius 1 is 1.07 bits per heavy atom. The van der Waals surface area contributed by atoms with Crippen LogP contribution in [0.15, 0.2) is 24.3 Å². The zero-order valence-electron chi connectivity index (χ0n) is 17.0. The number of carbonyl (C=O) groups excluding carboxylic acids is 2. The molecular formula is C23H32N2O3. The maximum atomic E-state index is 13.0. The van der Waals surface area contributed by atoms with E-state index in [-0.39, 0.29) is 23.3 Å². The van der Waals surface area contributed by atoms with Crippen LogP contribution < -0.4 is 10.6 Å². The average Bonchev–Trinajstić information content (AvgIpc) is 2.65. The van der Waals surface area contributed by atoms with Crippen LogP contribution in [0, 0.1) is 23.2 Å². The molecule has 1 aromatic rings. The lowest BCUT2D eigenvalue weighted by molar-refractivity contribution is -0.146. The molecule has 2 N–H and O–H groups in total. The van der Waals surface area contributed by atoms with Crippen molar-refractivity contribution in [1.29, 1.82) is 0 Å². The number of benzene rings is 1. The van der Waals surface area contributed by atoms with Gasteiger partial charge in [0, 0.05) is 30.7 Å². The zero-order valence-corrected chi connectivity index (χ0v) is 17.0. The fraction of sp³-hybridized carbons (Fsp3) is 0.652. The molecule has 0 saturated heterocycles. The van der Waals surface area contributed by atoms with Gasteiger partial charge in [-0.25, -0.2) is 0 Å². The number of methoxy groups -OCH3 is 1. The molecule has 0 aromatic heterocycles. The standard InChI is InChI=1S/C23H32N2O3/c1-15(14-28-2)25-21(26)20-5-3-16(4-6-20)13-24-22(27)23-10-17-7-18(11-23)9-19(8-17)12-23/h3-6,15,17-19H,7-14H2,1-2H3,(H,24,27)(H,25,26)/t15-,17?,18?,19?,23?/m0/s1. The summed E-state index contributed by atoms with van der Waals surface area (Å²) in [7, 11) is 1.62. The van der Waals surface area contributed by atoms with E-state index in [4.69, 9.17) is 4.74 Å². The van der Waals surface area contributed by atoms with Gasteiger partial charge in [0.1, 0.15) is 0 Å². The Labute approximate surface area is 167 Å². The van der Waals surface area contributed by atoms with Crippen molar-refractivity contribution >= 4 is 11.8 Å². The van der Waals surface area contributed by atoms with E-state index >= 15 is 0 Å². The Morgan fingerprint density at radius 2 is 1.64 bits per heavy atom. The minimum atomic E-state index is -0.105. The molecule has 1 atom stereocenters. The van der Waals surface area contributed by atoms with E-state index in [2.05, 4.69) is 10.6 Å². The van der Waals surface area contributed by atoms with Crippen molar-refractivity contribution in [3.05, 3.63) is 35.4 Å². The van der Waals surface area contributed by atoms with Gasteiger partial charge in [-0.2, -0.15) is 0 Å². The van der Waals surface area contributed by atoms with Gasteiger partial charge in [0.2, 0.25) is 5.91 Å². The first-order valence-electron chi connectivity index (χ1n) is 10.6. The van der Waals surface area contributed by atoms with Gasteiger partial charge in [-0.05, 0) is 80.9 Å². The van der Waals surface area contributed by atoms with Crippen molar-refractivity contribution in [2.24, 2.45) is 23.2 Å². The first kappa shape index (κ1) is 19.4. The second kappa shape index (κ2) is 7.86. The number of hydrogen-bond donors (Lipinski definition) is 2. The van der Waals surface area contributed by atoms with Gasteiger partial charge in [0.15, 0.2) is 0 Å². The van der Waals surface area contributed by atoms with Crippen LogP contribution in [0.5, 0.6) is 0 Å². The van der Waals surface area contributed by atoms with Crippen LogP contribution in [0.2, 0.25) is 0 Å². The predicted octanol–water partition coefficient (Wildman–Crippen LogP) is 3.28. The summed E-state index contributed by atoms with van der Waals surface area (Å²) in [5.41, 5.74) is 1.55. The van der Waals surface area contributed by atoms with Crippen molar-refractivity contribution in [2.45, 2.75) is 58.0 Å². The second-order valence-electron chi connectivity index (χ2n) is 9.41. The summed E-state index contributed by atoms with van der Waals surface area (Å²) >= 11 is 0. The van der Waals surface area contributed by atoms with Crippen molar-refractivity contribution < 1.29 is 14.3 Å². The molecule has 28 heavy (non-hydrogen) atoms. The summed E-state index contributed by atoms with van der Waals surface area (Å²) in [5.74, 6) is 2.47. The topological polar surface area (TPSA) is 67.4 Å². The predicted molar refractivity (Wildman–Crippen MR) is 108 cm³/mol. The van der Waals surface area contributed by atoms with E-state index in [0.29, 0.717) is 18.7 Å². The Hall–Kier alpha value is -1.88. The molecular weight excluding hydrogens is 352 g/mol. The molecule has 152 valence electrons. The highest BCUT2D eigenvalue weighted by Gasteiger charge is 2.54. The molecule has 5 rings (SSSR count). The molecule has 0 heterocycles. The third-order valence-electron chi connectivity index (χ3n) is 6.98. The van der Waals surface area contributed by atoms with E-state index in [9.17, 15) is 9.59 Å². The molecule has 4 aliphatic rings. The van der Waals surface area contributed by atoms with Crippen molar-refractivity contribution in [3.63, 3.8) is 0 Å². The van der Waals surface area contributed by atoms with Crippen LogP contribution >= 0.6 is 0 Å². The van der Waals surface area contributed by atoms with Gasteiger partial charge in [-0.15, -0.1) is 0 Å². The fourth-order valence-corrected chi connectivity index (χ4v) is 6.13. The molecule has 2 amide bonds. The Bertz CT molecular complexity index is 693. The summed E-state index contributed by atoms with van der Waals surface area (Å²) in [6.45, 7) is 2.93. The summed E-state index contributed by atoms with van der Waals surface area (Å²) in [4.78, 5) is 25.3. The van der Waals surface area contributed by atoms with Crippen molar-refractivity contribution in [3.8, 4) is 0 Å². The second-order valence-corrected chi connectivity index (χ2v) is 9.41.